The van der Waals surface area contributed by atoms with Gasteiger partial charge in [-0.15, -0.1) is 10.2 Å². The van der Waals surface area contributed by atoms with Gasteiger partial charge in [0.15, 0.2) is 0 Å². The van der Waals surface area contributed by atoms with Crippen LogP contribution in [0.2, 0.25) is 0 Å². The summed E-state index contributed by atoms with van der Waals surface area (Å²) in [6, 6.07) is 0.630. The van der Waals surface area contributed by atoms with Crippen molar-refractivity contribution in [3.8, 4) is 0 Å². The van der Waals surface area contributed by atoms with Crippen molar-refractivity contribution in [2.45, 2.75) is 71.0 Å². The average molecular weight is 291 g/mol. The maximum Gasteiger partial charge on any atom is 0.147 e. The van der Waals surface area contributed by atoms with Crippen molar-refractivity contribution >= 4 is 0 Å². The van der Waals surface area contributed by atoms with Crippen molar-refractivity contribution < 1.29 is 0 Å². The number of aryl methyl sites for hydroxylation is 1. The molecule has 0 aromatic carbocycles. The minimum atomic E-state index is 0.630. The van der Waals surface area contributed by atoms with Gasteiger partial charge >= 0.3 is 0 Å². The predicted octanol–water partition coefficient (Wildman–Crippen LogP) is 1.95. The zero-order valence-electron chi connectivity index (χ0n) is 13.3. The van der Waals surface area contributed by atoms with E-state index in [0.29, 0.717) is 12.0 Å². The number of hydrogen-bond donors (Lipinski definition) is 1. The van der Waals surface area contributed by atoms with Gasteiger partial charge < -0.3 is 10.3 Å². The summed E-state index contributed by atoms with van der Waals surface area (Å²) in [5.74, 6) is 3.00. The molecule has 1 aliphatic carbocycles. The van der Waals surface area contributed by atoms with Crippen molar-refractivity contribution in [3.63, 3.8) is 0 Å². The third kappa shape index (κ3) is 3.14. The molecule has 0 bridgehead atoms. The molecule has 5 heteroatoms. The SMILES string of the molecule is CCN(Cc1nnc2n1CCCC2)C1CCCCC1CN. The van der Waals surface area contributed by atoms with Crippen LogP contribution in [0.1, 0.15) is 57.1 Å². The molecule has 2 N–H and O–H groups in total. The largest absolute Gasteiger partial charge is 0.330 e. The van der Waals surface area contributed by atoms with E-state index in [2.05, 4.69) is 26.6 Å². The molecule has 0 spiro atoms. The van der Waals surface area contributed by atoms with Crippen molar-refractivity contribution in [3.05, 3.63) is 11.6 Å². The predicted molar refractivity (Wildman–Crippen MR) is 83.8 cm³/mol. The zero-order chi connectivity index (χ0) is 14.7. The third-order valence-corrected chi connectivity index (χ3v) is 5.33. The smallest absolute Gasteiger partial charge is 0.147 e. The molecule has 2 heterocycles. The lowest BCUT2D eigenvalue weighted by Crippen LogP contribution is -2.45. The summed E-state index contributed by atoms with van der Waals surface area (Å²) in [5.41, 5.74) is 6.01. The van der Waals surface area contributed by atoms with Gasteiger partial charge in [0.05, 0.1) is 6.54 Å². The van der Waals surface area contributed by atoms with Crippen LogP contribution in [0.3, 0.4) is 0 Å². The van der Waals surface area contributed by atoms with E-state index in [9.17, 15) is 0 Å². The first-order valence-electron chi connectivity index (χ1n) is 8.68. The van der Waals surface area contributed by atoms with Crippen LogP contribution in [0.25, 0.3) is 0 Å². The first kappa shape index (κ1) is 15.0. The van der Waals surface area contributed by atoms with Crippen LogP contribution in [-0.4, -0.2) is 38.8 Å². The zero-order valence-corrected chi connectivity index (χ0v) is 13.3. The van der Waals surface area contributed by atoms with Crippen LogP contribution < -0.4 is 5.73 Å². The molecule has 2 aliphatic rings. The highest BCUT2D eigenvalue weighted by molar-refractivity contribution is 4.99. The van der Waals surface area contributed by atoms with E-state index < -0.39 is 0 Å². The van der Waals surface area contributed by atoms with E-state index >= 15 is 0 Å². The lowest BCUT2D eigenvalue weighted by molar-refractivity contribution is 0.101. The average Bonchev–Trinajstić information content (AvgIpc) is 2.95. The molecule has 2 atom stereocenters. The van der Waals surface area contributed by atoms with Gasteiger partial charge in [-0.25, -0.2) is 0 Å². The molecule has 21 heavy (non-hydrogen) atoms. The van der Waals surface area contributed by atoms with Crippen LogP contribution in [-0.2, 0) is 19.5 Å². The van der Waals surface area contributed by atoms with E-state index in [-0.39, 0.29) is 0 Å². The molecular weight excluding hydrogens is 262 g/mol. The fourth-order valence-electron chi connectivity index (χ4n) is 4.07. The Kier molecular flexibility index (Phi) is 4.91. The maximum atomic E-state index is 6.01. The number of rotatable bonds is 5. The molecular formula is C16H29N5. The lowest BCUT2D eigenvalue weighted by Gasteiger charge is -2.39. The second-order valence-corrected chi connectivity index (χ2v) is 6.55. The summed E-state index contributed by atoms with van der Waals surface area (Å²) < 4.78 is 2.35. The molecule has 1 fully saturated rings. The summed E-state index contributed by atoms with van der Waals surface area (Å²) in [4.78, 5) is 2.59. The van der Waals surface area contributed by atoms with Gasteiger partial charge in [0.25, 0.3) is 0 Å². The molecule has 118 valence electrons. The highest BCUT2D eigenvalue weighted by atomic mass is 15.3. The quantitative estimate of drug-likeness (QED) is 0.901. The van der Waals surface area contributed by atoms with Crippen LogP contribution in [0.4, 0.5) is 0 Å². The Bertz CT molecular complexity index is 456. The van der Waals surface area contributed by atoms with Crippen molar-refractivity contribution in [1.82, 2.24) is 19.7 Å². The first-order chi connectivity index (χ1) is 10.3. The highest BCUT2D eigenvalue weighted by Crippen LogP contribution is 2.29. The van der Waals surface area contributed by atoms with E-state index in [4.69, 9.17) is 5.73 Å². The third-order valence-electron chi connectivity index (χ3n) is 5.33. The number of hydrogen-bond acceptors (Lipinski definition) is 4. The number of aromatic nitrogens is 3. The number of fused-ring (bicyclic) bond motifs is 1. The summed E-state index contributed by atoms with van der Waals surface area (Å²) in [6.45, 7) is 6.18. The van der Waals surface area contributed by atoms with Gasteiger partial charge in [-0.3, -0.25) is 4.90 Å². The lowest BCUT2D eigenvalue weighted by atomic mass is 9.83. The number of nitrogens with zero attached hydrogens (tertiary/aromatic N) is 4. The van der Waals surface area contributed by atoms with Crippen LogP contribution >= 0.6 is 0 Å². The van der Waals surface area contributed by atoms with E-state index in [1.807, 2.05) is 0 Å². The monoisotopic (exact) mass is 291 g/mol. The van der Waals surface area contributed by atoms with Crippen LogP contribution in [0, 0.1) is 5.92 Å². The summed E-state index contributed by atoms with van der Waals surface area (Å²) in [5, 5.41) is 8.86. The van der Waals surface area contributed by atoms with Crippen LogP contribution in [0.5, 0.6) is 0 Å². The molecule has 2 unspecified atom stereocenters. The Labute approximate surface area is 127 Å². The molecule has 5 nitrogen and oxygen atoms in total. The summed E-state index contributed by atoms with van der Waals surface area (Å²) in [7, 11) is 0. The van der Waals surface area contributed by atoms with E-state index in [0.717, 1.165) is 38.4 Å². The Morgan fingerprint density at radius 3 is 2.86 bits per heavy atom. The van der Waals surface area contributed by atoms with E-state index in [1.54, 1.807) is 0 Å². The Hall–Kier alpha value is -0.940. The summed E-state index contributed by atoms with van der Waals surface area (Å²) in [6.07, 6.45) is 8.87. The van der Waals surface area contributed by atoms with Gasteiger partial charge in [0.1, 0.15) is 11.6 Å². The van der Waals surface area contributed by atoms with Gasteiger partial charge in [-0.1, -0.05) is 19.8 Å². The molecule has 0 amide bonds. The minimum Gasteiger partial charge on any atom is -0.330 e. The molecule has 0 radical (unpaired) electrons. The maximum absolute atomic E-state index is 6.01. The number of nitrogens with two attached hydrogens (primary N) is 1. The minimum absolute atomic E-state index is 0.630. The van der Waals surface area contributed by atoms with Gasteiger partial charge in [0, 0.05) is 19.0 Å². The second kappa shape index (κ2) is 6.88. The molecule has 1 aliphatic heterocycles. The molecule has 1 aromatic rings. The van der Waals surface area contributed by atoms with Crippen molar-refractivity contribution in [2.75, 3.05) is 13.1 Å². The van der Waals surface area contributed by atoms with Crippen molar-refractivity contribution in [2.24, 2.45) is 11.7 Å². The van der Waals surface area contributed by atoms with Gasteiger partial charge in [-0.2, -0.15) is 0 Å². The Balaban J connectivity index is 1.73. The van der Waals surface area contributed by atoms with Gasteiger partial charge in [-0.05, 0) is 44.7 Å². The summed E-state index contributed by atoms with van der Waals surface area (Å²) >= 11 is 0. The van der Waals surface area contributed by atoms with Gasteiger partial charge in [0.2, 0.25) is 0 Å². The molecule has 3 rings (SSSR count). The molecule has 1 aromatic heterocycles. The Morgan fingerprint density at radius 2 is 2.05 bits per heavy atom. The molecule has 1 saturated carbocycles. The fourth-order valence-corrected chi connectivity index (χ4v) is 4.07. The molecule has 0 saturated heterocycles. The normalized spacial score (nSPS) is 26.0. The van der Waals surface area contributed by atoms with E-state index in [1.165, 1.54) is 44.3 Å². The standard InChI is InChI=1S/C16H29N5/c1-2-20(14-8-4-3-7-13(14)11-17)12-16-19-18-15-9-5-6-10-21(15)16/h13-14H,2-12,17H2,1H3. The first-order valence-corrected chi connectivity index (χ1v) is 8.68. The second-order valence-electron chi connectivity index (χ2n) is 6.55. The topological polar surface area (TPSA) is 60.0 Å². The van der Waals surface area contributed by atoms with Crippen molar-refractivity contribution in [1.29, 1.82) is 0 Å². The fraction of sp³-hybridized carbons (Fsp3) is 0.875. The van der Waals surface area contributed by atoms with Crippen LogP contribution in [0.15, 0.2) is 0 Å². The highest BCUT2D eigenvalue weighted by Gasteiger charge is 2.29. The Morgan fingerprint density at radius 1 is 1.19 bits per heavy atom.